The Kier molecular flexibility index (Phi) is 2.71. The van der Waals surface area contributed by atoms with Gasteiger partial charge in [0.25, 0.3) is 0 Å². The number of hydrogen-bond acceptors (Lipinski definition) is 2. The van der Waals surface area contributed by atoms with Crippen molar-refractivity contribution in [2.45, 2.75) is 6.92 Å². The van der Waals surface area contributed by atoms with Crippen LogP contribution in [0, 0.1) is 6.92 Å². The third-order valence-corrected chi connectivity index (χ3v) is 1.40. The van der Waals surface area contributed by atoms with Gasteiger partial charge in [0, 0.05) is 6.92 Å². The molecule has 0 amide bonds. The molecule has 0 N–H and O–H groups in total. The first-order chi connectivity index (χ1) is 4.86. The average Bonchev–Trinajstić information content (AvgIpc) is 2.27. The van der Waals surface area contributed by atoms with Crippen molar-refractivity contribution >= 4 is 40.7 Å². The van der Waals surface area contributed by atoms with E-state index in [-0.39, 0.29) is 29.6 Å². The number of aryl methyl sites for hydroxylation is 1. The molecule has 0 saturated carbocycles. The zero-order chi connectivity index (χ0) is 6.97. The summed E-state index contributed by atoms with van der Waals surface area (Å²) in [6.07, 6.45) is 0. The van der Waals surface area contributed by atoms with Gasteiger partial charge < -0.3 is 4.42 Å². The minimum absolute atomic E-state index is 0. The van der Waals surface area contributed by atoms with Crippen molar-refractivity contribution in [2.75, 3.05) is 0 Å². The monoisotopic (exact) mass is 157 g/mol. The van der Waals surface area contributed by atoms with Gasteiger partial charge in [-0.15, -0.1) is 0 Å². The van der Waals surface area contributed by atoms with E-state index in [4.69, 9.17) is 4.42 Å². The van der Waals surface area contributed by atoms with Crippen LogP contribution in [0.15, 0.2) is 28.7 Å². The quantitative estimate of drug-likeness (QED) is 0.541. The van der Waals surface area contributed by atoms with E-state index < -0.39 is 0 Å². The number of para-hydroxylation sites is 2. The van der Waals surface area contributed by atoms with Gasteiger partial charge in [-0.3, -0.25) is 0 Å². The van der Waals surface area contributed by atoms with Crippen LogP contribution in [-0.4, -0.2) is 34.5 Å². The Labute approximate surface area is 86.9 Å². The molecular formula is C8H8NNaO. The maximum absolute atomic E-state index is 5.26. The van der Waals surface area contributed by atoms with Crippen LogP contribution >= 0.6 is 0 Å². The molecule has 1 aromatic heterocycles. The summed E-state index contributed by atoms with van der Waals surface area (Å²) < 4.78 is 5.26. The van der Waals surface area contributed by atoms with Crippen LogP contribution in [-0.2, 0) is 0 Å². The van der Waals surface area contributed by atoms with Gasteiger partial charge in [-0.05, 0) is 12.1 Å². The molecule has 2 rings (SSSR count). The molecule has 0 saturated heterocycles. The summed E-state index contributed by atoms with van der Waals surface area (Å²) in [5.74, 6) is 0.723. The molecule has 1 aromatic carbocycles. The molecule has 0 aliphatic carbocycles. The van der Waals surface area contributed by atoms with E-state index in [2.05, 4.69) is 4.98 Å². The first kappa shape index (κ1) is 8.78. The summed E-state index contributed by atoms with van der Waals surface area (Å²) in [7, 11) is 0. The van der Waals surface area contributed by atoms with Crippen molar-refractivity contribution in [3.63, 3.8) is 0 Å². The fourth-order valence-corrected chi connectivity index (χ4v) is 0.987. The average molecular weight is 157 g/mol. The molecule has 0 aliphatic heterocycles. The summed E-state index contributed by atoms with van der Waals surface area (Å²) >= 11 is 0. The standard InChI is InChI=1S/C8H7NO.Na.H/c1-6-9-7-4-2-3-5-8(7)10-6;;/h2-5H,1H3;;. The van der Waals surface area contributed by atoms with E-state index in [0.717, 1.165) is 17.0 Å². The predicted octanol–water partition coefficient (Wildman–Crippen LogP) is 1.49. The summed E-state index contributed by atoms with van der Waals surface area (Å²) in [5.41, 5.74) is 1.79. The summed E-state index contributed by atoms with van der Waals surface area (Å²) in [6, 6.07) is 7.73. The molecule has 0 bridgehead atoms. The fourth-order valence-electron chi connectivity index (χ4n) is 0.987. The van der Waals surface area contributed by atoms with E-state index in [0.29, 0.717) is 0 Å². The Bertz CT molecular complexity index is 323. The molecular weight excluding hydrogens is 149 g/mol. The molecule has 11 heavy (non-hydrogen) atoms. The molecule has 0 aliphatic rings. The van der Waals surface area contributed by atoms with E-state index in [9.17, 15) is 0 Å². The molecule has 52 valence electrons. The first-order valence-electron chi connectivity index (χ1n) is 3.18. The molecule has 0 radical (unpaired) electrons. The molecule has 2 nitrogen and oxygen atoms in total. The van der Waals surface area contributed by atoms with Gasteiger partial charge >= 0.3 is 29.6 Å². The van der Waals surface area contributed by atoms with Crippen molar-refractivity contribution < 1.29 is 4.42 Å². The third kappa shape index (κ3) is 1.64. The first-order valence-corrected chi connectivity index (χ1v) is 3.18. The van der Waals surface area contributed by atoms with Crippen LogP contribution in [0.5, 0.6) is 0 Å². The van der Waals surface area contributed by atoms with Gasteiger partial charge in [0.2, 0.25) is 0 Å². The zero-order valence-corrected chi connectivity index (χ0v) is 5.66. The van der Waals surface area contributed by atoms with Crippen molar-refractivity contribution in [2.24, 2.45) is 0 Å². The number of nitrogens with zero attached hydrogens (tertiary/aromatic N) is 1. The molecule has 0 unspecified atom stereocenters. The van der Waals surface area contributed by atoms with Crippen molar-refractivity contribution in [3.8, 4) is 0 Å². The molecule has 1 heterocycles. The zero-order valence-electron chi connectivity index (χ0n) is 5.66. The Balaban J connectivity index is 0.000000605. The van der Waals surface area contributed by atoms with Crippen LogP contribution in [0.25, 0.3) is 11.1 Å². The van der Waals surface area contributed by atoms with Crippen LogP contribution in [0.2, 0.25) is 0 Å². The van der Waals surface area contributed by atoms with Gasteiger partial charge in [0.05, 0.1) is 0 Å². The second-order valence-electron chi connectivity index (χ2n) is 2.20. The normalized spacial score (nSPS) is 9.55. The third-order valence-electron chi connectivity index (χ3n) is 1.40. The minimum atomic E-state index is 0. The molecule has 0 fully saturated rings. The molecule has 2 aromatic rings. The van der Waals surface area contributed by atoms with E-state index in [1.807, 2.05) is 31.2 Å². The number of aromatic nitrogens is 1. The number of fused-ring (bicyclic) bond motifs is 1. The SMILES string of the molecule is Cc1nc2ccccc2o1.[NaH]. The summed E-state index contributed by atoms with van der Waals surface area (Å²) in [6.45, 7) is 1.85. The topological polar surface area (TPSA) is 26.0 Å². The second-order valence-corrected chi connectivity index (χ2v) is 2.20. The van der Waals surface area contributed by atoms with Crippen LogP contribution < -0.4 is 0 Å². The summed E-state index contributed by atoms with van der Waals surface area (Å²) in [4.78, 5) is 4.15. The fraction of sp³-hybridized carbons (Fsp3) is 0.125. The van der Waals surface area contributed by atoms with Gasteiger partial charge in [0.15, 0.2) is 11.5 Å². The van der Waals surface area contributed by atoms with Gasteiger partial charge in [0.1, 0.15) is 5.52 Å². The number of oxazole rings is 1. The van der Waals surface area contributed by atoms with Gasteiger partial charge in [-0.25, -0.2) is 4.98 Å². The Hall–Kier alpha value is -0.310. The Morgan fingerprint density at radius 3 is 2.73 bits per heavy atom. The number of benzene rings is 1. The molecule has 3 heteroatoms. The predicted molar refractivity (Wildman–Crippen MR) is 45.9 cm³/mol. The molecule has 0 atom stereocenters. The van der Waals surface area contributed by atoms with Gasteiger partial charge in [-0.1, -0.05) is 12.1 Å². The van der Waals surface area contributed by atoms with Crippen LogP contribution in [0.1, 0.15) is 5.89 Å². The van der Waals surface area contributed by atoms with Crippen LogP contribution in [0.4, 0.5) is 0 Å². The van der Waals surface area contributed by atoms with E-state index in [1.165, 1.54) is 0 Å². The Morgan fingerprint density at radius 1 is 1.27 bits per heavy atom. The number of rotatable bonds is 0. The van der Waals surface area contributed by atoms with Gasteiger partial charge in [-0.2, -0.15) is 0 Å². The van der Waals surface area contributed by atoms with E-state index >= 15 is 0 Å². The van der Waals surface area contributed by atoms with Crippen LogP contribution in [0.3, 0.4) is 0 Å². The maximum atomic E-state index is 5.26. The number of hydrogen-bond donors (Lipinski definition) is 0. The molecule has 0 spiro atoms. The Morgan fingerprint density at radius 2 is 2.00 bits per heavy atom. The van der Waals surface area contributed by atoms with E-state index in [1.54, 1.807) is 0 Å². The second kappa shape index (κ2) is 3.39. The summed E-state index contributed by atoms with van der Waals surface area (Å²) in [5, 5.41) is 0. The van der Waals surface area contributed by atoms with Crippen molar-refractivity contribution in [1.82, 2.24) is 4.98 Å². The van der Waals surface area contributed by atoms with Crippen molar-refractivity contribution in [3.05, 3.63) is 30.2 Å². The van der Waals surface area contributed by atoms with Crippen molar-refractivity contribution in [1.29, 1.82) is 0 Å².